The van der Waals surface area contributed by atoms with Crippen LogP contribution in [0.25, 0.3) is 0 Å². The molecule has 1 aromatic rings. The number of hydrogen-bond donors (Lipinski definition) is 1. The molecule has 1 saturated carbocycles. The van der Waals surface area contributed by atoms with E-state index in [-0.39, 0.29) is 6.04 Å². The van der Waals surface area contributed by atoms with Crippen molar-refractivity contribution in [1.29, 1.82) is 0 Å². The van der Waals surface area contributed by atoms with Gasteiger partial charge >= 0.3 is 0 Å². The van der Waals surface area contributed by atoms with E-state index in [4.69, 9.17) is 0 Å². The van der Waals surface area contributed by atoms with Gasteiger partial charge in [-0.1, -0.05) is 37.1 Å². The molecule has 1 N–H and O–H groups in total. The average molecular weight is 284 g/mol. The van der Waals surface area contributed by atoms with Gasteiger partial charge in [-0.3, -0.25) is 4.79 Å². The molecule has 3 nitrogen and oxygen atoms in total. The van der Waals surface area contributed by atoms with Gasteiger partial charge in [-0.2, -0.15) is 0 Å². The first kappa shape index (κ1) is 13.3. The van der Waals surface area contributed by atoms with Gasteiger partial charge in [-0.05, 0) is 42.2 Å². The van der Waals surface area contributed by atoms with E-state index in [1.807, 2.05) is 0 Å². The molecule has 1 amide bonds. The molecule has 2 fully saturated rings. The Kier molecular flexibility index (Phi) is 3.46. The van der Waals surface area contributed by atoms with Crippen LogP contribution in [0.1, 0.15) is 36.8 Å². The first-order valence-electron chi connectivity index (χ1n) is 8.40. The van der Waals surface area contributed by atoms with Crippen LogP contribution in [-0.2, 0) is 17.8 Å². The molecule has 21 heavy (non-hydrogen) atoms. The third-order valence-corrected chi connectivity index (χ3v) is 5.67. The molecule has 3 unspecified atom stereocenters. The molecule has 0 bridgehead atoms. The molecule has 1 aromatic carbocycles. The fourth-order valence-corrected chi connectivity index (χ4v) is 4.44. The van der Waals surface area contributed by atoms with Crippen molar-refractivity contribution in [2.75, 3.05) is 13.1 Å². The maximum Gasteiger partial charge on any atom is 0.240 e. The van der Waals surface area contributed by atoms with Gasteiger partial charge in [0, 0.05) is 19.6 Å². The van der Waals surface area contributed by atoms with E-state index in [1.54, 1.807) is 0 Å². The first-order chi connectivity index (χ1) is 10.3. The number of nitrogens with one attached hydrogen (secondary N) is 1. The zero-order valence-electron chi connectivity index (χ0n) is 12.6. The number of amides is 1. The number of carbonyl (C=O) groups is 1. The van der Waals surface area contributed by atoms with Gasteiger partial charge in [0.25, 0.3) is 0 Å². The van der Waals surface area contributed by atoms with Crippen molar-refractivity contribution in [3.05, 3.63) is 35.4 Å². The van der Waals surface area contributed by atoms with E-state index in [0.29, 0.717) is 5.91 Å². The minimum absolute atomic E-state index is 0.0138. The van der Waals surface area contributed by atoms with Gasteiger partial charge in [-0.25, -0.2) is 0 Å². The summed E-state index contributed by atoms with van der Waals surface area (Å²) in [5, 5.41) is 3.44. The van der Waals surface area contributed by atoms with E-state index in [1.165, 1.54) is 36.8 Å². The summed E-state index contributed by atoms with van der Waals surface area (Å²) in [6, 6.07) is 8.47. The maximum atomic E-state index is 12.8. The lowest BCUT2D eigenvalue weighted by atomic mass is 9.82. The summed E-state index contributed by atoms with van der Waals surface area (Å²) < 4.78 is 0. The van der Waals surface area contributed by atoms with Gasteiger partial charge < -0.3 is 10.2 Å². The molecule has 0 radical (unpaired) electrons. The van der Waals surface area contributed by atoms with Crippen molar-refractivity contribution in [1.82, 2.24) is 10.2 Å². The number of hydrogen-bond acceptors (Lipinski definition) is 2. The quantitative estimate of drug-likeness (QED) is 0.858. The van der Waals surface area contributed by atoms with Crippen molar-refractivity contribution in [3.8, 4) is 0 Å². The van der Waals surface area contributed by atoms with Crippen LogP contribution in [0.4, 0.5) is 0 Å². The van der Waals surface area contributed by atoms with Crippen LogP contribution in [0.5, 0.6) is 0 Å². The summed E-state index contributed by atoms with van der Waals surface area (Å²) in [4.78, 5) is 15.0. The van der Waals surface area contributed by atoms with Gasteiger partial charge in [-0.15, -0.1) is 0 Å². The Morgan fingerprint density at radius 1 is 1.05 bits per heavy atom. The van der Waals surface area contributed by atoms with Crippen molar-refractivity contribution < 1.29 is 4.79 Å². The average Bonchev–Trinajstić information content (AvgIpc) is 2.97. The largest absolute Gasteiger partial charge is 0.341 e. The van der Waals surface area contributed by atoms with E-state index >= 15 is 0 Å². The smallest absolute Gasteiger partial charge is 0.240 e. The van der Waals surface area contributed by atoms with Gasteiger partial charge in [0.05, 0.1) is 6.04 Å². The fraction of sp³-hybridized carbons (Fsp3) is 0.611. The van der Waals surface area contributed by atoms with Crippen molar-refractivity contribution >= 4 is 5.91 Å². The Bertz CT molecular complexity index is 528. The van der Waals surface area contributed by atoms with Crippen molar-refractivity contribution in [2.24, 2.45) is 11.8 Å². The van der Waals surface area contributed by atoms with Crippen LogP contribution >= 0.6 is 0 Å². The maximum absolute atomic E-state index is 12.8. The number of nitrogens with zero attached hydrogens (tertiary/aromatic N) is 1. The fourth-order valence-electron chi connectivity index (χ4n) is 4.44. The molecule has 0 aromatic heterocycles. The predicted octanol–water partition coefficient (Wildman–Crippen LogP) is 2.35. The number of benzene rings is 1. The molecule has 2 aliphatic heterocycles. The lowest BCUT2D eigenvalue weighted by molar-refractivity contribution is -0.132. The molecule has 0 spiro atoms. The minimum atomic E-state index is -0.0138. The molecule has 1 aliphatic carbocycles. The van der Waals surface area contributed by atoms with Crippen LogP contribution in [0, 0.1) is 11.8 Å². The molecule has 3 aliphatic rings. The highest BCUT2D eigenvalue weighted by Gasteiger charge is 2.38. The third-order valence-electron chi connectivity index (χ3n) is 5.67. The Morgan fingerprint density at radius 3 is 2.43 bits per heavy atom. The van der Waals surface area contributed by atoms with Gasteiger partial charge in [0.15, 0.2) is 0 Å². The first-order valence-corrected chi connectivity index (χ1v) is 8.40. The highest BCUT2D eigenvalue weighted by Crippen LogP contribution is 2.36. The standard InChI is InChI=1S/C18H24N2O/c21-18(20-11-15-7-3-4-8-16(15)12-20)17-9-13-5-1-2-6-14(13)10-19-17/h1-2,5-6,15-17,19H,3-4,7-12H2. The second-order valence-corrected chi connectivity index (χ2v) is 6.95. The Hall–Kier alpha value is -1.35. The zero-order chi connectivity index (χ0) is 14.2. The van der Waals surface area contributed by atoms with E-state index < -0.39 is 0 Å². The normalized spacial score (nSPS) is 31.6. The molecule has 1 saturated heterocycles. The Labute approximate surface area is 126 Å². The Balaban J connectivity index is 1.44. The highest BCUT2D eigenvalue weighted by atomic mass is 16.2. The zero-order valence-corrected chi connectivity index (χ0v) is 12.6. The monoisotopic (exact) mass is 284 g/mol. The molecule has 4 rings (SSSR count). The van der Waals surface area contributed by atoms with E-state index in [9.17, 15) is 4.79 Å². The topological polar surface area (TPSA) is 32.3 Å². The molecular weight excluding hydrogens is 260 g/mol. The lowest BCUT2D eigenvalue weighted by Gasteiger charge is -2.29. The summed E-state index contributed by atoms with van der Waals surface area (Å²) in [5.41, 5.74) is 2.68. The van der Waals surface area contributed by atoms with Crippen LogP contribution < -0.4 is 5.32 Å². The molecule has 3 heteroatoms. The van der Waals surface area contributed by atoms with Crippen molar-refractivity contribution in [2.45, 2.75) is 44.7 Å². The summed E-state index contributed by atoms with van der Waals surface area (Å²) >= 11 is 0. The van der Waals surface area contributed by atoms with Crippen LogP contribution in [0.15, 0.2) is 24.3 Å². The van der Waals surface area contributed by atoms with Gasteiger partial charge in [0.2, 0.25) is 5.91 Å². The molecule has 112 valence electrons. The van der Waals surface area contributed by atoms with Gasteiger partial charge in [0.1, 0.15) is 0 Å². The van der Waals surface area contributed by atoms with E-state index in [2.05, 4.69) is 34.5 Å². The summed E-state index contributed by atoms with van der Waals surface area (Å²) in [6.45, 7) is 2.83. The number of fused-ring (bicyclic) bond motifs is 2. The third kappa shape index (κ3) is 2.48. The molecule has 2 heterocycles. The predicted molar refractivity (Wildman–Crippen MR) is 82.8 cm³/mol. The molecule has 3 atom stereocenters. The van der Waals surface area contributed by atoms with Crippen LogP contribution in [0.2, 0.25) is 0 Å². The highest BCUT2D eigenvalue weighted by molar-refractivity contribution is 5.83. The lowest BCUT2D eigenvalue weighted by Crippen LogP contribution is -2.48. The summed E-state index contributed by atoms with van der Waals surface area (Å²) in [6.07, 6.45) is 6.22. The summed E-state index contributed by atoms with van der Waals surface area (Å²) in [5.74, 6) is 1.89. The second kappa shape index (κ2) is 5.45. The number of carbonyl (C=O) groups excluding carboxylic acids is 1. The minimum Gasteiger partial charge on any atom is -0.341 e. The Morgan fingerprint density at radius 2 is 1.71 bits per heavy atom. The van der Waals surface area contributed by atoms with Crippen LogP contribution in [-0.4, -0.2) is 29.9 Å². The van der Waals surface area contributed by atoms with Crippen LogP contribution in [0.3, 0.4) is 0 Å². The second-order valence-electron chi connectivity index (χ2n) is 6.95. The SMILES string of the molecule is O=C(C1Cc2ccccc2CN1)N1CC2CCCCC2C1. The number of likely N-dealkylation sites (tertiary alicyclic amines) is 1. The van der Waals surface area contributed by atoms with Crippen molar-refractivity contribution in [3.63, 3.8) is 0 Å². The number of rotatable bonds is 1. The summed E-state index contributed by atoms with van der Waals surface area (Å²) in [7, 11) is 0. The molecular formula is C18H24N2O. The van der Waals surface area contributed by atoms with E-state index in [0.717, 1.165) is 37.9 Å².